The van der Waals surface area contributed by atoms with Crippen molar-refractivity contribution in [3.05, 3.63) is 30.2 Å². The standard InChI is InChI=1S/C16H22BrN5O2/c1-12-15(21-5-3-6-22(21)17)8-13(9-18-12)19-16(23)11-20-7-4-14(10-20)24-2/h3,5,8-9,14H,4,6-7,10-11H2,1-2H3,(H,19,23). The topological polar surface area (TPSA) is 60.9 Å². The SMILES string of the molecule is COC1CCN(CC(=O)Nc2cnc(C)c(N3C=CCN3Br)c2)C1. The van der Waals surface area contributed by atoms with E-state index in [-0.39, 0.29) is 12.0 Å². The van der Waals surface area contributed by atoms with Crippen molar-refractivity contribution in [3.8, 4) is 0 Å². The van der Waals surface area contributed by atoms with Crippen LogP contribution in [0.15, 0.2) is 24.5 Å². The predicted octanol–water partition coefficient (Wildman–Crippen LogP) is 1.91. The summed E-state index contributed by atoms with van der Waals surface area (Å²) in [5, 5.41) is 4.90. The number of amides is 1. The van der Waals surface area contributed by atoms with E-state index in [2.05, 4.69) is 31.3 Å². The van der Waals surface area contributed by atoms with Crippen molar-refractivity contribution in [1.82, 2.24) is 13.9 Å². The summed E-state index contributed by atoms with van der Waals surface area (Å²) < 4.78 is 7.23. The smallest absolute Gasteiger partial charge is 0.238 e. The number of aromatic nitrogens is 1. The Balaban J connectivity index is 1.63. The van der Waals surface area contributed by atoms with Gasteiger partial charge in [-0.3, -0.25) is 19.7 Å². The van der Waals surface area contributed by atoms with Crippen LogP contribution < -0.4 is 10.3 Å². The molecule has 1 amide bonds. The van der Waals surface area contributed by atoms with E-state index in [0.29, 0.717) is 12.2 Å². The fourth-order valence-electron chi connectivity index (χ4n) is 2.95. The van der Waals surface area contributed by atoms with Crippen molar-refractivity contribution in [2.75, 3.05) is 43.6 Å². The molecular weight excluding hydrogens is 374 g/mol. The van der Waals surface area contributed by atoms with Crippen LogP contribution in [0, 0.1) is 6.92 Å². The number of likely N-dealkylation sites (tertiary alicyclic amines) is 1. The molecule has 7 nitrogen and oxygen atoms in total. The van der Waals surface area contributed by atoms with Gasteiger partial charge in [-0.05, 0) is 25.5 Å². The molecule has 8 heteroatoms. The normalized spacial score (nSPS) is 21.6. The van der Waals surface area contributed by atoms with Crippen LogP contribution in [0.1, 0.15) is 12.1 Å². The summed E-state index contributed by atoms with van der Waals surface area (Å²) in [6.45, 7) is 4.80. The van der Waals surface area contributed by atoms with Gasteiger partial charge in [-0.1, -0.05) is 0 Å². The van der Waals surface area contributed by atoms with E-state index in [9.17, 15) is 4.79 Å². The summed E-state index contributed by atoms with van der Waals surface area (Å²) in [7, 11) is 1.72. The van der Waals surface area contributed by atoms with Gasteiger partial charge < -0.3 is 10.1 Å². The van der Waals surface area contributed by atoms with Crippen LogP contribution >= 0.6 is 16.1 Å². The minimum absolute atomic E-state index is 0.0315. The fourth-order valence-corrected chi connectivity index (χ4v) is 3.39. The number of anilines is 2. The lowest BCUT2D eigenvalue weighted by atomic mass is 10.3. The fraction of sp³-hybridized carbons (Fsp3) is 0.500. The zero-order valence-corrected chi connectivity index (χ0v) is 15.5. The van der Waals surface area contributed by atoms with Crippen molar-refractivity contribution in [1.29, 1.82) is 0 Å². The number of carbonyl (C=O) groups is 1. The first kappa shape index (κ1) is 17.3. The van der Waals surface area contributed by atoms with Gasteiger partial charge in [-0.15, -0.1) is 4.03 Å². The monoisotopic (exact) mass is 395 g/mol. The van der Waals surface area contributed by atoms with E-state index in [1.165, 1.54) is 0 Å². The van der Waals surface area contributed by atoms with Gasteiger partial charge in [0.15, 0.2) is 0 Å². The van der Waals surface area contributed by atoms with Crippen molar-refractivity contribution >= 4 is 33.4 Å². The highest BCUT2D eigenvalue weighted by molar-refractivity contribution is 9.07. The maximum atomic E-state index is 12.3. The van der Waals surface area contributed by atoms with Crippen LogP contribution in [-0.4, -0.2) is 59.2 Å². The van der Waals surface area contributed by atoms with Crippen molar-refractivity contribution in [2.45, 2.75) is 19.4 Å². The summed E-state index contributed by atoms with van der Waals surface area (Å²) in [6, 6.07) is 1.94. The van der Waals surface area contributed by atoms with Gasteiger partial charge >= 0.3 is 0 Å². The summed E-state index contributed by atoms with van der Waals surface area (Å²) in [6.07, 6.45) is 6.91. The molecule has 0 radical (unpaired) electrons. The quantitative estimate of drug-likeness (QED) is 0.768. The Morgan fingerprint density at radius 3 is 3.04 bits per heavy atom. The van der Waals surface area contributed by atoms with Gasteiger partial charge in [0, 0.05) is 42.5 Å². The molecule has 0 aromatic carbocycles. The highest BCUT2D eigenvalue weighted by Gasteiger charge is 2.24. The van der Waals surface area contributed by atoms with Gasteiger partial charge in [0.25, 0.3) is 0 Å². The largest absolute Gasteiger partial charge is 0.380 e. The van der Waals surface area contributed by atoms with Gasteiger partial charge in [-0.25, -0.2) is 0 Å². The number of hydrogen-bond donors (Lipinski definition) is 1. The molecule has 0 aliphatic carbocycles. The molecule has 1 atom stereocenters. The Labute approximate surface area is 150 Å². The Bertz CT molecular complexity index is 639. The maximum absolute atomic E-state index is 12.3. The third-order valence-electron chi connectivity index (χ3n) is 4.26. The number of ether oxygens (including phenoxy) is 1. The number of halogens is 1. The second-order valence-electron chi connectivity index (χ2n) is 6.01. The number of hydrazine groups is 1. The summed E-state index contributed by atoms with van der Waals surface area (Å²) in [5.41, 5.74) is 2.52. The lowest BCUT2D eigenvalue weighted by Crippen LogP contribution is -2.32. The van der Waals surface area contributed by atoms with E-state index in [1.807, 2.05) is 34.3 Å². The minimum Gasteiger partial charge on any atom is -0.380 e. The molecule has 3 heterocycles. The van der Waals surface area contributed by atoms with E-state index < -0.39 is 0 Å². The molecule has 1 aromatic heterocycles. The lowest BCUT2D eigenvalue weighted by molar-refractivity contribution is -0.117. The van der Waals surface area contributed by atoms with Crippen LogP contribution in [0.2, 0.25) is 0 Å². The number of nitrogens with zero attached hydrogens (tertiary/aromatic N) is 4. The maximum Gasteiger partial charge on any atom is 0.238 e. The average Bonchev–Trinajstić information content (AvgIpc) is 3.18. The number of aryl methyl sites for hydroxylation is 1. The Morgan fingerprint density at radius 1 is 1.54 bits per heavy atom. The van der Waals surface area contributed by atoms with Gasteiger partial charge in [0.05, 0.1) is 42.5 Å². The highest BCUT2D eigenvalue weighted by Crippen LogP contribution is 2.28. The number of hydrogen-bond acceptors (Lipinski definition) is 6. The van der Waals surface area contributed by atoms with Crippen molar-refractivity contribution in [3.63, 3.8) is 0 Å². The zero-order chi connectivity index (χ0) is 17.1. The molecule has 1 aromatic rings. The molecule has 0 saturated carbocycles. The van der Waals surface area contributed by atoms with Crippen LogP contribution in [0.3, 0.4) is 0 Å². The number of carbonyl (C=O) groups excluding carboxylic acids is 1. The molecule has 24 heavy (non-hydrogen) atoms. The van der Waals surface area contributed by atoms with Gasteiger partial charge in [0.1, 0.15) is 0 Å². The summed E-state index contributed by atoms with van der Waals surface area (Å²) in [5.74, 6) is -0.0315. The second-order valence-corrected chi connectivity index (χ2v) is 6.83. The molecular formula is C16H22BrN5O2. The number of nitrogens with one attached hydrogen (secondary N) is 1. The Kier molecular flexibility index (Phi) is 5.50. The highest BCUT2D eigenvalue weighted by atomic mass is 79.9. The van der Waals surface area contributed by atoms with Crippen LogP contribution in [-0.2, 0) is 9.53 Å². The van der Waals surface area contributed by atoms with Crippen LogP contribution in [0.25, 0.3) is 0 Å². The summed E-state index contributed by atoms with van der Waals surface area (Å²) in [4.78, 5) is 18.8. The van der Waals surface area contributed by atoms with E-state index in [1.54, 1.807) is 13.3 Å². The third-order valence-corrected chi connectivity index (χ3v) is 4.89. The second kappa shape index (κ2) is 7.60. The van der Waals surface area contributed by atoms with Crippen LogP contribution in [0.4, 0.5) is 11.4 Å². The zero-order valence-electron chi connectivity index (χ0n) is 13.9. The molecule has 130 valence electrons. The Hall–Kier alpha value is -1.48. The summed E-state index contributed by atoms with van der Waals surface area (Å²) >= 11 is 3.48. The van der Waals surface area contributed by atoms with Crippen molar-refractivity contribution in [2.24, 2.45) is 0 Å². The van der Waals surface area contributed by atoms with Crippen molar-refractivity contribution < 1.29 is 9.53 Å². The molecule has 2 aliphatic heterocycles. The number of pyridine rings is 1. The molecule has 1 N–H and O–H groups in total. The molecule has 3 rings (SSSR count). The molecule has 2 aliphatic rings. The lowest BCUT2D eigenvalue weighted by Gasteiger charge is -2.24. The molecule has 1 unspecified atom stereocenters. The van der Waals surface area contributed by atoms with E-state index in [4.69, 9.17) is 4.74 Å². The molecule has 0 spiro atoms. The van der Waals surface area contributed by atoms with Gasteiger partial charge in [-0.2, -0.15) is 0 Å². The molecule has 1 saturated heterocycles. The number of rotatable bonds is 5. The minimum atomic E-state index is -0.0315. The first-order chi connectivity index (χ1) is 11.6. The van der Waals surface area contributed by atoms with E-state index in [0.717, 1.165) is 37.4 Å². The number of methoxy groups -OCH3 is 1. The van der Waals surface area contributed by atoms with Crippen LogP contribution in [0.5, 0.6) is 0 Å². The first-order valence-electron chi connectivity index (χ1n) is 7.97. The third kappa shape index (κ3) is 3.94. The first-order valence-corrected chi connectivity index (χ1v) is 8.68. The molecule has 1 fully saturated rings. The molecule has 0 bridgehead atoms. The van der Waals surface area contributed by atoms with E-state index >= 15 is 0 Å². The van der Waals surface area contributed by atoms with Gasteiger partial charge in [0.2, 0.25) is 5.91 Å². The Morgan fingerprint density at radius 2 is 2.38 bits per heavy atom. The average molecular weight is 396 g/mol. The predicted molar refractivity (Wildman–Crippen MR) is 96.7 cm³/mol.